The van der Waals surface area contributed by atoms with E-state index in [-0.39, 0.29) is 31.9 Å². The number of hydrogen-bond donors (Lipinski definition) is 0. The van der Waals surface area contributed by atoms with Gasteiger partial charge in [-0.05, 0) is 23.8 Å². The predicted molar refractivity (Wildman–Crippen MR) is 195 cm³/mol. The molecule has 4 aromatic carbocycles. The predicted octanol–water partition coefficient (Wildman–Crippen LogP) is 9.03. The van der Waals surface area contributed by atoms with Crippen LogP contribution in [0.15, 0.2) is 122 Å². The van der Waals surface area contributed by atoms with Gasteiger partial charge in [-0.3, -0.25) is 9.97 Å². The molecule has 0 atom stereocenters. The average Bonchev–Trinajstić information content (AvgIpc) is 3.74. The number of benzene rings is 4. The number of fused-ring (bicyclic) bond motifs is 4. The first-order chi connectivity index (χ1) is 23.7. The van der Waals surface area contributed by atoms with Crippen molar-refractivity contribution >= 4 is 34.8 Å². The Bertz CT molecular complexity index is 2120. The molecule has 2 aliphatic heterocycles. The van der Waals surface area contributed by atoms with E-state index in [1.807, 2.05) is 57.8 Å². The Balaban J connectivity index is 0.00000392. The van der Waals surface area contributed by atoms with E-state index < -0.39 is 0 Å². The number of ether oxygens (including phenoxy) is 1. The summed E-state index contributed by atoms with van der Waals surface area (Å²) in [5.41, 5.74) is 7.69. The summed E-state index contributed by atoms with van der Waals surface area (Å²) in [6, 6.07) is 33.9. The Morgan fingerprint density at radius 3 is 1.26 bits per heavy atom. The summed E-state index contributed by atoms with van der Waals surface area (Å²) in [6.45, 7) is 9.07. The fourth-order valence-electron chi connectivity index (χ4n) is 7.30. The molecule has 0 N–H and O–H groups in total. The van der Waals surface area contributed by atoms with Gasteiger partial charge in [0.1, 0.15) is 11.9 Å². The molecule has 2 aromatic heterocycles. The monoisotopic (exact) mass is 837 g/mol. The molecule has 0 radical (unpaired) electrons. The Morgan fingerprint density at radius 1 is 0.520 bits per heavy atom. The van der Waals surface area contributed by atoms with E-state index >= 15 is 0 Å². The molecule has 0 fully saturated rings. The van der Waals surface area contributed by atoms with Crippen LogP contribution >= 0.6 is 0 Å². The van der Waals surface area contributed by atoms with Gasteiger partial charge in [0.2, 0.25) is 0 Å². The van der Waals surface area contributed by atoms with Crippen molar-refractivity contribution in [2.45, 2.75) is 38.5 Å². The molecule has 0 spiro atoms. The van der Waals surface area contributed by atoms with Gasteiger partial charge in [-0.2, -0.15) is 0 Å². The van der Waals surface area contributed by atoms with Crippen LogP contribution in [0, 0.1) is 12.4 Å². The Hall–Kier alpha value is -5.13. The van der Waals surface area contributed by atoms with E-state index in [0.717, 1.165) is 45.5 Å². The first kappa shape index (κ1) is 33.4. The van der Waals surface area contributed by atoms with E-state index in [2.05, 4.69) is 137 Å². The van der Waals surface area contributed by atoms with Crippen LogP contribution < -0.4 is 9.80 Å². The number of anilines is 4. The third-order valence-electron chi connectivity index (χ3n) is 9.95. The summed E-state index contributed by atoms with van der Waals surface area (Å²) in [4.78, 5) is 13.6. The minimum atomic E-state index is -0.385. The Labute approximate surface area is 308 Å². The number of rotatable bonds is 4. The van der Waals surface area contributed by atoms with Crippen LogP contribution in [0.2, 0.25) is 0 Å². The third kappa shape index (κ3) is 5.32. The van der Waals surface area contributed by atoms with Crippen molar-refractivity contribution in [3.05, 3.63) is 168 Å². The van der Waals surface area contributed by atoms with Crippen molar-refractivity contribution in [3.63, 3.8) is 0 Å². The zero-order valence-corrected chi connectivity index (χ0v) is 31.2. The van der Waals surface area contributed by atoms with Gasteiger partial charge in [-0.25, -0.2) is 0 Å². The maximum absolute atomic E-state index is 7.26. The maximum atomic E-state index is 7.26. The van der Waals surface area contributed by atoms with Crippen molar-refractivity contribution < 1.29 is 25.8 Å². The van der Waals surface area contributed by atoms with Gasteiger partial charge in [-0.15, -0.1) is 0 Å². The molecule has 6 aromatic rings. The molecule has 0 aliphatic carbocycles. The minimum absolute atomic E-state index is 0. The van der Waals surface area contributed by atoms with Crippen LogP contribution in [0.5, 0.6) is 0 Å². The first-order valence-electron chi connectivity index (χ1n) is 16.5. The molecule has 50 heavy (non-hydrogen) atoms. The molecule has 8 rings (SSSR count). The third-order valence-corrected chi connectivity index (χ3v) is 9.95. The summed E-state index contributed by atoms with van der Waals surface area (Å²) in [7, 11) is 3.99. The van der Waals surface area contributed by atoms with E-state index in [0.29, 0.717) is 11.5 Å². The first-order valence-corrected chi connectivity index (χ1v) is 16.5. The molecule has 252 valence electrons. The Morgan fingerprint density at radius 2 is 0.880 bits per heavy atom. The quantitative estimate of drug-likeness (QED) is 0.166. The number of aromatic nitrogens is 4. The molecule has 2 aliphatic rings. The summed E-state index contributed by atoms with van der Waals surface area (Å²) < 4.78 is 11.3. The molecule has 0 bridgehead atoms. The number of hydrogen-bond acceptors (Lipinski definition) is 5. The number of nitrogens with zero attached hydrogens (tertiary/aromatic N) is 6. The van der Waals surface area contributed by atoms with Gasteiger partial charge in [0.25, 0.3) is 0 Å². The molecular weight excluding hydrogens is 800 g/mol. The molecule has 0 unspecified atom stereocenters. The largest absolute Gasteiger partial charge is 2.00 e. The van der Waals surface area contributed by atoms with Crippen molar-refractivity contribution in [2.24, 2.45) is 14.1 Å². The van der Waals surface area contributed by atoms with Crippen molar-refractivity contribution in [1.82, 2.24) is 19.1 Å². The fraction of sp³-hybridized carbons (Fsp3) is 0.190. The standard InChI is InChI=1S/C42H38N6O.Pt/c1-41(2)31-17-9-7-15-29(31)37(27-47(39-43-23-25-45(39)5)35-21-13-11-19-33(35)41)49-38-28-48(40-44-24-26-46(40)6)36-22-14-12-20-34(36)42(3,4)32-18-10-8-16-30(32)38;/h7-26H,1-6H3;/q-2;+2. The van der Waals surface area contributed by atoms with Gasteiger partial charge in [-0.1, -0.05) is 158 Å². The van der Waals surface area contributed by atoms with Crippen molar-refractivity contribution in [1.29, 1.82) is 0 Å². The Kier molecular flexibility index (Phi) is 8.43. The summed E-state index contributed by atoms with van der Waals surface area (Å²) in [6.07, 6.45) is 14.9. The molecule has 4 heterocycles. The summed E-state index contributed by atoms with van der Waals surface area (Å²) in [5.74, 6) is 2.57. The van der Waals surface area contributed by atoms with Crippen molar-refractivity contribution in [3.8, 4) is 0 Å². The van der Waals surface area contributed by atoms with E-state index in [4.69, 9.17) is 14.7 Å². The second-order valence-corrected chi connectivity index (χ2v) is 13.7. The zero-order valence-electron chi connectivity index (χ0n) is 29.0. The van der Waals surface area contributed by atoms with Crippen LogP contribution in [0.4, 0.5) is 23.3 Å². The van der Waals surface area contributed by atoms with Gasteiger partial charge in [0.05, 0.1) is 11.5 Å². The second-order valence-electron chi connectivity index (χ2n) is 13.7. The van der Waals surface area contributed by atoms with Crippen LogP contribution in [-0.4, -0.2) is 19.1 Å². The number of para-hydroxylation sites is 2. The average molecular weight is 838 g/mol. The summed E-state index contributed by atoms with van der Waals surface area (Å²) >= 11 is 0. The SMILES string of the molecule is Cn1ccnc1N1[C-]=C(OC2=[C-]N(c3nccn3C)c3ccccc3C(C)(C)c3ccccc32)c2ccccc2C(C)(C)c2ccccc21.[Pt+2]. The van der Waals surface area contributed by atoms with Crippen LogP contribution in [0.25, 0.3) is 11.5 Å². The fourth-order valence-corrected chi connectivity index (χ4v) is 7.30. The van der Waals surface area contributed by atoms with Gasteiger partial charge in [0.15, 0.2) is 0 Å². The van der Waals surface area contributed by atoms with Crippen LogP contribution in [0.3, 0.4) is 0 Å². The molecule has 0 amide bonds. The molecule has 8 heteroatoms. The number of imidazole rings is 2. The maximum Gasteiger partial charge on any atom is 2.00 e. The molecule has 0 saturated heterocycles. The minimum Gasteiger partial charge on any atom is -0.492 e. The normalized spacial score (nSPS) is 15.7. The van der Waals surface area contributed by atoms with E-state index in [1.54, 1.807) is 0 Å². The summed E-state index contributed by atoms with van der Waals surface area (Å²) in [5, 5.41) is 0. The second kappa shape index (κ2) is 12.6. The van der Waals surface area contributed by atoms with Gasteiger partial charge in [0, 0.05) is 49.7 Å². The van der Waals surface area contributed by atoms with Crippen LogP contribution in [-0.2, 0) is 50.7 Å². The molecular formula is C42H38N6OPt. The van der Waals surface area contributed by atoms with Gasteiger partial charge < -0.3 is 23.7 Å². The van der Waals surface area contributed by atoms with E-state index in [1.165, 1.54) is 11.1 Å². The molecule has 7 nitrogen and oxygen atoms in total. The topological polar surface area (TPSA) is 51.4 Å². The van der Waals surface area contributed by atoms with E-state index in [9.17, 15) is 0 Å². The molecule has 0 saturated carbocycles. The van der Waals surface area contributed by atoms with Crippen molar-refractivity contribution in [2.75, 3.05) is 9.80 Å². The smallest absolute Gasteiger partial charge is 0.492 e. The zero-order chi connectivity index (χ0) is 33.9. The number of aryl methyl sites for hydroxylation is 2. The van der Waals surface area contributed by atoms with Crippen LogP contribution in [0.1, 0.15) is 61.1 Å². The van der Waals surface area contributed by atoms with Gasteiger partial charge >= 0.3 is 21.1 Å².